The highest BCUT2D eigenvalue weighted by Crippen LogP contribution is 2.39. The molecule has 3 aromatic rings. The molecule has 0 aliphatic heterocycles. The molecule has 0 aromatic heterocycles. The van der Waals surface area contributed by atoms with Gasteiger partial charge in [0.2, 0.25) is 0 Å². The highest BCUT2D eigenvalue weighted by Gasteiger charge is 2.23. The standard InChI is InChI=1S/C27H26F4O2.CH4/c1-2-17-6-8-18(9-7-17)19-10-15-22(24(28)16-19)23-4-3-5-25(26(23)29)32-20-11-13-21(14-12-20)33-27(30)31;/h3-5,10-18,27H,2,6-9H2,1H3;1H4/t17-,18-;. The fourth-order valence-corrected chi connectivity index (χ4v) is 4.52. The van der Waals surface area contributed by atoms with Gasteiger partial charge < -0.3 is 9.47 Å². The minimum absolute atomic E-state index is 0. The molecule has 1 fully saturated rings. The van der Waals surface area contributed by atoms with Crippen LogP contribution < -0.4 is 9.47 Å². The van der Waals surface area contributed by atoms with E-state index >= 15 is 8.78 Å². The van der Waals surface area contributed by atoms with Gasteiger partial charge in [-0.3, -0.25) is 0 Å². The maximum atomic E-state index is 15.2. The highest BCUT2D eigenvalue weighted by molar-refractivity contribution is 5.67. The smallest absolute Gasteiger partial charge is 0.387 e. The van der Waals surface area contributed by atoms with Crippen molar-refractivity contribution in [2.24, 2.45) is 5.92 Å². The number of rotatable bonds is 7. The lowest BCUT2D eigenvalue weighted by Crippen LogP contribution is -2.12. The molecule has 3 aromatic carbocycles. The Kier molecular flexibility index (Phi) is 8.59. The molecule has 1 aliphatic rings. The fraction of sp³-hybridized carbons (Fsp3) is 0.357. The second-order valence-corrected chi connectivity index (χ2v) is 8.43. The van der Waals surface area contributed by atoms with Crippen molar-refractivity contribution in [1.29, 1.82) is 0 Å². The fourth-order valence-electron chi connectivity index (χ4n) is 4.52. The van der Waals surface area contributed by atoms with Crippen LogP contribution in [0.2, 0.25) is 0 Å². The number of halogens is 4. The summed E-state index contributed by atoms with van der Waals surface area (Å²) in [6.07, 6.45) is 5.61. The monoisotopic (exact) mass is 474 g/mol. The Bertz CT molecular complexity index is 1070. The SMILES string of the molecule is C.CC[C@H]1CC[C@H](c2ccc(-c3cccc(Oc4ccc(OC(F)F)cc4)c3F)c(F)c2)CC1. The van der Waals surface area contributed by atoms with Crippen LogP contribution >= 0.6 is 0 Å². The van der Waals surface area contributed by atoms with E-state index in [0.717, 1.165) is 37.2 Å². The minimum atomic E-state index is -2.93. The van der Waals surface area contributed by atoms with Crippen molar-refractivity contribution in [3.63, 3.8) is 0 Å². The van der Waals surface area contributed by atoms with E-state index < -0.39 is 18.2 Å². The summed E-state index contributed by atoms with van der Waals surface area (Å²) in [6, 6.07) is 15.0. The molecule has 4 rings (SSSR count). The van der Waals surface area contributed by atoms with Crippen LogP contribution in [-0.2, 0) is 0 Å². The summed E-state index contributed by atoms with van der Waals surface area (Å²) in [4.78, 5) is 0. The molecule has 0 saturated heterocycles. The first kappa shape index (κ1) is 25.6. The van der Waals surface area contributed by atoms with Gasteiger partial charge in [0.1, 0.15) is 17.3 Å². The summed E-state index contributed by atoms with van der Waals surface area (Å²) < 4.78 is 64.7. The van der Waals surface area contributed by atoms with Crippen molar-refractivity contribution in [1.82, 2.24) is 0 Å². The number of hydrogen-bond acceptors (Lipinski definition) is 2. The van der Waals surface area contributed by atoms with E-state index in [0.29, 0.717) is 5.92 Å². The Morgan fingerprint density at radius 2 is 1.53 bits per heavy atom. The Hall–Kier alpha value is -3.02. The predicted octanol–water partition coefficient (Wildman–Crippen LogP) is 9.35. The lowest BCUT2D eigenvalue weighted by molar-refractivity contribution is -0.0498. The van der Waals surface area contributed by atoms with E-state index in [-0.39, 0.29) is 35.8 Å². The zero-order valence-electron chi connectivity index (χ0n) is 18.4. The first-order valence-corrected chi connectivity index (χ1v) is 11.3. The molecule has 34 heavy (non-hydrogen) atoms. The maximum Gasteiger partial charge on any atom is 0.387 e. The Morgan fingerprint density at radius 3 is 2.15 bits per heavy atom. The van der Waals surface area contributed by atoms with Crippen LogP contribution in [0.4, 0.5) is 17.6 Å². The molecule has 1 saturated carbocycles. The van der Waals surface area contributed by atoms with Crippen LogP contribution in [0.3, 0.4) is 0 Å². The molecule has 0 bridgehead atoms. The van der Waals surface area contributed by atoms with Crippen LogP contribution in [0.1, 0.15) is 57.9 Å². The zero-order valence-corrected chi connectivity index (χ0v) is 18.4. The molecule has 0 atom stereocenters. The third-order valence-corrected chi connectivity index (χ3v) is 6.42. The molecule has 0 N–H and O–H groups in total. The van der Waals surface area contributed by atoms with E-state index in [1.165, 1.54) is 48.9 Å². The van der Waals surface area contributed by atoms with E-state index in [1.807, 2.05) is 6.07 Å². The quantitative estimate of drug-likeness (QED) is 0.318. The summed E-state index contributed by atoms with van der Waals surface area (Å²) in [6.45, 7) is -0.721. The molecule has 182 valence electrons. The van der Waals surface area contributed by atoms with Gasteiger partial charge in [-0.2, -0.15) is 8.78 Å². The molecule has 2 nitrogen and oxygen atoms in total. The van der Waals surface area contributed by atoms with Crippen molar-refractivity contribution in [3.05, 3.63) is 77.9 Å². The molecule has 1 aliphatic carbocycles. The third kappa shape index (κ3) is 5.91. The minimum Gasteiger partial charge on any atom is -0.454 e. The highest BCUT2D eigenvalue weighted by atomic mass is 19.3. The predicted molar refractivity (Wildman–Crippen MR) is 127 cm³/mol. The summed E-state index contributed by atoms with van der Waals surface area (Å²) in [5.74, 6) is 0.0674. The molecular weight excluding hydrogens is 444 g/mol. The largest absolute Gasteiger partial charge is 0.454 e. The molecule has 0 spiro atoms. The van der Waals surface area contributed by atoms with Crippen LogP contribution in [-0.4, -0.2) is 6.61 Å². The van der Waals surface area contributed by atoms with Crippen molar-refractivity contribution < 1.29 is 27.0 Å². The van der Waals surface area contributed by atoms with E-state index in [1.54, 1.807) is 12.1 Å². The number of hydrogen-bond donors (Lipinski definition) is 0. The zero-order chi connectivity index (χ0) is 23.4. The van der Waals surface area contributed by atoms with Gasteiger partial charge in [-0.25, -0.2) is 8.78 Å². The first-order valence-electron chi connectivity index (χ1n) is 11.3. The number of benzene rings is 3. The lowest BCUT2D eigenvalue weighted by Gasteiger charge is -2.28. The van der Waals surface area contributed by atoms with Gasteiger partial charge >= 0.3 is 6.61 Å². The topological polar surface area (TPSA) is 18.5 Å². The summed E-state index contributed by atoms with van der Waals surface area (Å²) in [7, 11) is 0. The Morgan fingerprint density at radius 1 is 0.853 bits per heavy atom. The average Bonchev–Trinajstić information content (AvgIpc) is 2.81. The first-order chi connectivity index (χ1) is 15.9. The van der Waals surface area contributed by atoms with Crippen molar-refractivity contribution >= 4 is 0 Å². The van der Waals surface area contributed by atoms with Gasteiger partial charge in [0, 0.05) is 11.1 Å². The van der Waals surface area contributed by atoms with Gasteiger partial charge in [0.05, 0.1) is 0 Å². The Balaban J connectivity index is 0.00000324. The molecule has 0 amide bonds. The van der Waals surface area contributed by atoms with E-state index in [2.05, 4.69) is 11.7 Å². The third-order valence-electron chi connectivity index (χ3n) is 6.42. The molecule has 0 heterocycles. The van der Waals surface area contributed by atoms with Gasteiger partial charge in [-0.1, -0.05) is 45.0 Å². The van der Waals surface area contributed by atoms with Gasteiger partial charge in [0.25, 0.3) is 0 Å². The van der Waals surface area contributed by atoms with Gasteiger partial charge in [0.15, 0.2) is 11.6 Å². The normalized spacial score (nSPS) is 17.8. The molecule has 6 heteroatoms. The molecular formula is C28H30F4O2. The Labute approximate surface area is 198 Å². The van der Waals surface area contributed by atoms with Gasteiger partial charge in [-0.05, 0) is 79.5 Å². The lowest BCUT2D eigenvalue weighted by atomic mass is 9.77. The number of ether oxygens (including phenoxy) is 2. The van der Waals surface area contributed by atoms with Crippen molar-refractivity contribution in [3.8, 4) is 28.4 Å². The van der Waals surface area contributed by atoms with Crippen molar-refractivity contribution in [2.45, 2.75) is 59.0 Å². The van der Waals surface area contributed by atoms with Crippen LogP contribution in [0.5, 0.6) is 17.2 Å². The van der Waals surface area contributed by atoms with Crippen LogP contribution in [0.25, 0.3) is 11.1 Å². The van der Waals surface area contributed by atoms with Crippen molar-refractivity contribution in [2.75, 3.05) is 0 Å². The second kappa shape index (κ2) is 11.4. The van der Waals surface area contributed by atoms with Crippen LogP contribution in [0.15, 0.2) is 60.7 Å². The average molecular weight is 475 g/mol. The molecule has 0 unspecified atom stereocenters. The summed E-state index contributed by atoms with van der Waals surface area (Å²) in [5.41, 5.74) is 1.23. The molecule has 0 radical (unpaired) electrons. The van der Waals surface area contributed by atoms with Crippen LogP contribution in [0, 0.1) is 17.6 Å². The maximum absolute atomic E-state index is 15.2. The summed E-state index contributed by atoms with van der Waals surface area (Å²) in [5, 5.41) is 0. The van der Waals surface area contributed by atoms with Gasteiger partial charge in [-0.15, -0.1) is 0 Å². The number of alkyl halides is 2. The second-order valence-electron chi connectivity index (χ2n) is 8.43. The van der Waals surface area contributed by atoms with E-state index in [4.69, 9.17) is 4.74 Å². The van der Waals surface area contributed by atoms with E-state index in [9.17, 15) is 8.78 Å². The summed E-state index contributed by atoms with van der Waals surface area (Å²) >= 11 is 0.